The highest BCUT2D eigenvalue weighted by atomic mass is 19.1. The minimum Gasteiger partial charge on any atom is -0.323 e. The first-order chi connectivity index (χ1) is 13.0. The number of nitrogens with one attached hydrogen (secondary N) is 3. The highest BCUT2D eigenvalue weighted by Gasteiger charge is 2.27. The average Bonchev–Trinajstić information content (AvgIpc) is 2.61. The Kier molecular flexibility index (Phi) is 4.45. The van der Waals surface area contributed by atoms with Crippen LogP contribution in [0, 0.1) is 19.7 Å². The van der Waals surface area contributed by atoms with Crippen LogP contribution in [0.2, 0.25) is 0 Å². The number of fused-ring (bicyclic) bond motifs is 1. The fourth-order valence-corrected chi connectivity index (χ4v) is 3.29. The lowest BCUT2D eigenvalue weighted by Crippen LogP contribution is -2.56. The molecule has 2 aromatic carbocycles. The average molecular weight is 365 g/mol. The summed E-state index contributed by atoms with van der Waals surface area (Å²) in [5.74, 6) is 0.0288. The molecule has 1 saturated heterocycles. The van der Waals surface area contributed by atoms with Gasteiger partial charge in [-0.05, 0) is 43.2 Å². The first-order valence-electron chi connectivity index (χ1n) is 8.80. The van der Waals surface area contributed by atoms with Gasteiger partial charge < -0.3 is 10.6 Å². The summed E-state index contributed by atoms with van der Waals surface area (Å²) in [6.07, 6.45) is -0.247. The van der Waals surface area contributed by atoms with Gasteiger partial charge in [-0.2, -0.15) is 0 Å². The summed E-state index contributed by atoms with van der Waals surface area (Å²) in [4.78, 5) is 21.2. The number of rotatable bonds is 3. The molecule has 1 aliphatic heterocycles. The van der Waals surface area contributed by atoms with E-state index in [1.807, 2.05) is 32.0 Å². The summed E-state index contributed by atoms with van der Waals surface area (Å²) in [5.41, 5.74) is 3.68. The van der Waals surface area contributed by atoms with Gasteiger partial charge in [0.25, 0.3) is 0 Å². The maximum absolute atomic E-state index is 13.2. The zero-order valence-corrected chi connectivity index (χ0v) is 15.1. The summed E-state index contributed by atoms with van der Waals surface area (Å²) in [5, 5.41) is 10.3. The summed E-state index contributed by atoms with van der Waals surface area (Å²) >= 11 is 0. The lowest BCUT2D eigenvalue weighted by molar-refractivity contribution is -0.124. The van der Waals surface area contributed by atoms with Gasteiger partial charge in [0.1, 0.15) is 5.82 Å². The van der Waals surface area contributed by atoms with Crippen molar-refractivity contribution >= 4 is 22.8 Å². The van der Waals surface area contributed by atoms with Crippen LogP contribution in [-0.4, -0.2) is 22.2 Å². The minimum atomic E-state index is -0.525. The number of anilines is 1. The number of hydrogen-bond acceptors (Lipinski definition) is 5. The van der Waals surface area contributed by atoms with Crippen LogP contribution in [0.25, 0.3) is 10.9 Å². The van der Waals surface area contributed by atoms with Gasteiger partial charge in [0.05, 0.1) is 11.2 Å². The van der Waals surface area contributed by atoms with E-state index in [9.17, 15) is 9.18 Å². The van der Waals surface area contributed by atoms with Crippen LogP contribution in [-0.2, 0) is 4.79 Å². The fraction of sp³-hybridized carbons (Fsp3) is 0.250. The molecule has 3 N–H and O–H groups in total. The van der Waals surface area contributed by atoms with Crippen molar-refractivity contribution in [2.45, 2.75) is 32.6 Å². The summed E-state index contributed by atoms with van der Waals surface area (Å²) in [6, 6.07) is 12.0. The van der Waals surface area contributed by atoms with Crippen molar-refractivity contribution in [3.63, 3.8) is 0 Å². The van der Waals surface area contributed by atoms with Crippen molar-refractivity contribution in [2.24, 2.45) is 0 Å². The van der Waals surface area contributed by atoms with E-state index in [1.54, 1.807) is 12.1 Å². The van der Waals surface area contributed by atoms with E-state index in [1.165, 1.54) is 12.1 Å². The molecule has 4 rings (SSSR count). The maximum atomic E-state index is 13.2. The van der Waals surface area contributed by atoms with Crippen LogP contribution in [0.3, 0.4) is 0 Å². The van der Waals surface area contributed by atoms with Crippen LogP contribution in [0.15, 0.2) is 42.5 Å². The molecule has 2 atom stereocenters. The van der Waals surface area contributed by atoms with E-state index in [4.69, 9.17) is 0 Å². The predicted molar refractivity (Wildman–Crippen MR) is 101 cm³/mol. The second-order valence-electron chi connectivity index (χ2n) is 6.77. The van der Waals surface area contributed by atoms with Gasteiger partial charge in [0, 0.05) is 17.8 Å². The number of aryl methyl sites for hydroxylation is 2. The first-order valence-corrected chi connectivity index (χ1v) is 8.80. The molecule has 7 heteroatoms. The molecular formula is C20H20FN5O. The number of halogens is 1. The van der Waals surface area contributed by atoms with Crippen LogP contribution >= 0.6 is 0 Å². The molecule has 0 spiro atoms. The monoisotopic (exact) mass is 365 g/mol. The standard InChI is InChI=1S/C20H20FN5O/c1-11-3-8-15-12(2)22-19(24-17(15)9-11)26-20-23-16(10-18(27)25-20)13-4-6-14(21)7-5-13/h3-9,16,20,23H,10H2,1-2H3,(H,25,27)(H,22,24,26). The lowest BCUT2D eigenvalue weighted by Gasteiger charge is -2.32. The Morgan fingerprint density at radius 3 is 2.67 bits per heavy atom. The molecule has 2 unspecified atom stereocenters. The molecule has 0 saturated carbocycles. The zero-order chi connectivity index (χ0) is 19.0. The molecule has 0 radical (unpaired) electrons. The Labute approximate surface area is 156 Å². The van der Waals surface area contributed by atoms with E-state index < -0.39 is 6.29 Å². The number of benzene rings is 2. The van der Waals surface area contributed by atoms with Gasteiger partial charge in [-0.25, -0.2) is 14.4 Å². The highest BCUT2D eigenvalue weighted by molar-refractivity contribution is 5.82. The molecule has 2 heterocycles. The molecule has 1 aromatic heterocycles. The summed E-state index contributed by atoms with van der Waals surface area (Å²) in [6.45, 7) is 3.94. The quantitative estimate of drug-likeness (QED) is 0.665. The van der Waals surface area contributed by atoms with Crippen molar-refractivity contribution in [3.05, 3.63) is 65.1 Å². The molecule has 1 aliphatic rings. The summed E-state index contributed by atoms with van der Waals surface area (Å²) in [7, 11) is 0. The third-order valence-electron chi connectivity index (χ3n) is 4.65. The predicted octanol–water partition coefficient (Wildman–Crippen LogP) is 2.93. The second-order valence-corrected chi connectivity index (χ2v) is 6.77. The number of amides is 1. The molecule has 0 bridgehead atoms. The molecule has 0 aliphatic carbocycles. The Balaban J connectivity index is 1.57. The number of hydrogen-bond donors (Lipinski definition) is 3. The van der Waals surface area contributed by atoms with Crippen molar-refractivity contribution < 1.29 is 9.18 Å². The molecule has 138 valence electrons. The summed E-state index contributed by atoms with van der Waals surface area (Å²) < 4.78 is 13.2. The van der Waals surface area contributed by atoms with E-state index >= 15 is 0 Å². The van der Waals surface area contributed by atoms with E-state index in [0.29, 0.717) is 5.95 Å². The van der Waals surface area contributed by atoms with Crippen LogP contribution in [0.5, 0.6) is 0 Å². The second kappa shape index (κ2) is 6.92. The SMILES string of the molecule is Cc1ccc2c(C)nc(NC3NC(=O)CC(c4ccc(F)cc4)N3)nc2c1. The third-order valence-corrected chi connectivity index (χ3v) is 4.65. The normalized spacial score (nSPS) is 19.7. The smallest absolute Gasteiger partial charge is 0.226 e. The molecule has 1 fully saturated rings. The third kappa shape index (κ3) is 3.73. The van der Waals surface area contributed by atoms with Crippen LogP contribution < -0.4 is 16.0 Å². The molecule has 6 nitrogen and oxygen atoms in total. The number of carbonyl (C=O) groups excluding carboxylic acids is 1. The van der Waals surface area contributed by atoms with Gasteiger partial charge in [-0.1, -0.05) is 24.3 Å². The van der Waals surface area contributed by atoms with Crippen molar-refractivity contribution in [1.82, 2.24) is 20.6 Å². The Morgan fingerprint density at radius 2 is 1.89 bits per heavy atom. The Bertz CT molecular complexity index is 1010. The Hall–Kier alpha value is -3.06. The maximum Gasteiger partial charge on any atom is 0.226 e. The Morgan fingerprint density at radius 1 is 1.11 bits per heavy atom. The zero-order valence-electron chi connectivity index (χ0n) is 15.1. The van der Waals surface area contributed by atoms with Gasteiger partial charge in [-0.3, -0.25) is 10.1 Å². The number of aromatic nitrogens is 2. The minimum absolute atomic E-state index is 0.103. The van der Waals surface area contributed by atoms with Gasteiger partial charge >= 0.3 is 0 Å². The van der Waals surface area contributed by atoms with E-state index in [-0.39, 0.29) is 24.2 Å². The fourth-order valence-electron chi connectivity index (χ4n) is 3.29. The van der Waals surface area contributed by atoms with Crippen LogP contribution in [0.1, 0.15) is 29.3 Å². The first kappa shape index (κ1) is 17.4. The van der Waals surface area contributed by atoms with Crippen LogP contribution in [0.4, 0.5) is 10.3 Å². The van der Waals surface area contributed by atoms with E-state index in [2.05, 4.69) is 25.9 Å². The van der Waals surface area contributed by atoms with Crippen molar-refractivity contribution in [3.8, 4) is 0 Å². The van der Waals surface area contributed by atoms with E-state index in [0.717, 1.165) is 27.7 Å². The van der Waals surface area contributed by atoms with Gasteiger partial charge in [0.15, 0.2) is 6.29 Å². The molecular weight excluding hydrogens is 345 g/mol. The molecule has 3 aromatic rings. The largest absolute Gasteiger partial charge is 0.323 e. The number of carbonyl (C=O) groups is 1. The van der Waals surface area contributed by atoms with Gasteiger partial charge in [-0.15, -0.1) is 0 Å². The van der Waals surface area contributed by atoms with Gasteiger partial charge in [0.2, 0.25) is 11.9 Å². The number of nitrogens with zero attached hydrogens (tertiary/aromatic N) is 2. The van der Waals surface area contributed by atoms with Crippen molar-refractivity contribution in [2.75, 3.05) is 5.32 Å². The topological polar surface area (TPSA) is 78.9 Å². The highest BCUT2D eigenvalue weighted by Crippen LogP contribution is 2.22. The molecule has 27 heavy (non-hydrogen) atoms. The lowest BCUT2D eigenvalue weighted by atomic mass is 10.0. The van der Waals surface area contributed by atoms with Crippen molar-refractivity contribution in [1.29, 1.82) is 0 Å². The molecule has 1 amide bonds.